The molecule has 0 N–H and O–H groups in total. The van der Waals surface area contributed by atoms with Gasteiger partial charge < -0.3 is 0 Å². The summed E-state index contributed by atoms with van der Waals surface area (Å²) in [6.45, 7) is 0. The number of benzene rings is 1. The topological polar surface area (TPSA) is 23.8 Å². The van der Waals surface area contributed by atoms with Gasteiger partial charge in [-0.05, 0) is 24.6 Å². The molecule has 1 aromatic rings. The molecule has 0 radical (unpaired) electrons. The zero-order valence-corrected chi connectivity index (χ0v) is 8.81. The molecule has 0 aromatic heterocycles. The fraction of sp³-hybridized carbons (Fsp3) is 0.250. The summed E-state index contributed by atoms with van der Waals surface area (Å²) < 4.78 is 13.2. The number of hydrogen-bond donors (Lipinski definition) is 0. The molecular formula is C12H9ClFN. The summed E-state index contributed by atoms with van der Waals surface area (Å²) >= 11 is 5.48. The molecule has 0 saturated carbocycles. The smallest absolute Gasteiger partial charge is 0.138 e. The van der Waals surface area contributed by atoms with Crippen molar-refractivity contribution in [1.82, 2.24) is 0 Å². The highest BCUT2D eigenvalue weighted by Gasteiger charge is 1.99. The Bertz CT molecular complexity index is 437. The van der Waals surface area contributed by atoms with Crippen LogP contribution < -0.4 is 0 Å². The Labute approximate surface area is 93.5 Å². The Hall–Kier alpha value is -1.51. The van der Waals surface area contributed by atoms with Gasteiger partial charge in [0.2, 0.25) is 0 Å². The molecule has 0 spiro atoms. The second-order valence-electron chi connectivity index (χ2n) is 2.90. The van der Waals surface area contributed by atoms with Crippen LogP contribution in [0, 0.1) is 29.0 Å². The highest BCUT2D eigenvalue weighted by molar-refractivity contribution is 6.17. The van der Waals surface area contributed by atoms with E-state index in [-0.39, 0.29) is 5.56 Å². The Morgan fingerprint density at radius 2 is 2.20 bits per heavy atom. The van der Waals surface area contributed by atoms with Gasteiger partial charge in [0, 0.05) is 12.3 Å². The highest BCUT2D eigenvalue weighted by atomic mass is 35.5. The summed E-state index contributed by atoms with van der Waals surface area (Å²) in [6.07, 6.45) is 1.42. The van der Waals surface area contributed by atoms with E-state index in [2.05, 4.69) is 11.8 Å². The minimum Gasteiger partial charge on any atom is -0.206 e. The fourth-order valence-electron chi connectivity index (χ4n) is 1.00. The van der Waals surface area contributed by atoms with Gasteiger partial charge in [0.05, 0.1) is 17.2 Å². The molecule has 0 saturated heterocycles. The highest BCUT2D eigenvalue weighted by Crippen LogP contribution is 2.08. The number of unbranched alkanes of at least 4 members (excludes halogenated alkanes) is 1. The van der Waals surface area contributed by atoms with Crippen LogP contribution in [0.1, 0.15) is 24.0 Å². The van der Waals surface area contributed by atoms with Gasteiger partial charge in [-0.25, -0.2) is 4.39 Å². The summed E-state index contributed by atoms with van der Waals surface area (Å²) in [5, 5.41) is 8.62. The van der Waals surface area contributed by atoms with Gasteiger partial charge >= 0.3 is 0 Å². The van der Waals surface area contributed by atoms with Gasteiger partial charge in [0.15, 0.2) is 0 Å². The second-order valence-corrected chi connectivity index (χ2v) is 3.28. The fourth-order valence-corrected chi connectivity index (χ4v) is 1.14. The van der Waals surface area contributed by atoms with E-state index in [1.54, 1.807) is 0 Å². The van der Waals surface area contributed by atoms with Gasteiger partial charge in [-0.15, -0.1) is 11.6 Å². The average Bonchev–Trinajstić information content (AvgIpc) is 2.26. The maximum atomic E-state index is 13.2. The summed E-state index contributed by atoms with van der Waals surface area (Å²) in [5.41, 5.74) is 0.682. The first-order valence-corrected chi connectivity index (χ1v) is 5.06. The molecular weight excluding hydrogens is 213 g/mol. The predicted octanol–water partition coefficient (Wildman–Crippen LogP) is 3.07. The van der Waals surface area contributed by atoms with Crippen molar-refractivity contribution in [3.8, 4) is 17.9 Å². The van der Waals surface area contributed by atoms with E-state index in [1.807, 2.05) is 6.07 Å². The molecule has 0 fully saturated rings. The SMILES string of the molecule is N#Cc1ccc(F)c(C#CCCCCl)c1. The third kappa shape index (κ3) is 3.62. The maximum absolute atomic E-state index is 13.2. The van der Waals surface area contributed by atoms with E-state index < -0.39 is 5.82 Å². The van der Waals surface area contributed by atoms with Crippen molar-refractivity contribution < 1.29 is 4.39 Å². The molecule has 3 heteroatoms. The monoisotopic (exact) mass is 221 g/mol. The van der Waals surface area contributed by atoms with Crippen LogP contribution in [0.2, 0.25) is 0 Å². The van der Waals surface area contributed by atoms with Gasteiger partial charge in [-0.2, -0.15) is 5.26 Å². The molecule has 15 heavy (non-hydrogen) atoms. The molecule has 0 aliphatic heterocycles. The first-order valence-electron chi connectivity index (χ1n) is 4.52. The molecule has 1 rings (SSSR count). The van der Waals surface area contributed by atoms with Gasteiger partial charge in [-0.3, -0.25) is 0 Å². The van der Waals surface area contributed by atoms with E-state index in [1.165, 1.54) is 18.2 Å². The Morgan fingerprint density at radius 1 is 1.40 bits per heavy atom. The van der Waals surface area contributed by atoms with Crippen molar-refractivity contribution >= 4 is 11.6 Å². The Kier molecular flexibility index (Phi) is 4.68. The van der Waals surface area contributed by atoms with Crippen molar-refractivity contribution in [2.24, 2.45) is 0 Å². The van der Waals surface area contributed by atoms with Crippen LogP contribution in [0.3, 0.4) is 0 Å². The average molecular weight is 222 g/mol. The van der Waals surface area contributed by atoms with Crippen LogP contribution >= 0.6 is 11.6 Å². The molecule has 1 aromatic carbocycles. The quantitative estimate of drug-likeness (QED) is 0.428. The van der Waals surface area contributed by atoms with Crippen molar-refractivity contribution in [1.29, 1.82) is 5.26 Å². The second kappa shape index (κ2) is 6.06. The standard InChI is InChI=1S/C12H9ClFN/c13-7-3-1-2-4-11-8-10(9-15)5-6-12(11)14/h5-6,8H,1,3,7H2. The normalized spacial score (nSPS) is 8.87. The minimum absolute atomic E-state index is 0.267. The minimum atomic E-state index is -0.396. The molecule has 0 aliphatic carbocycles. The summed E-state index contributed by atoms with van der Waals surface area (Å²) in [6, 6.07) is 6.07. The first kappa shape index (κ1) is 11.6. The van der Waals surface area contributed by atoms with Crippen molar-refractivity contribution in [3.63, 3.8) is 0 Å². The summed E-state index contributed by atoms with van der Waals surface area (Å²) in [7, 11) is 0. The number of alkyl halides is 1. The zero-order chi connectivity index (χ0) is 11.1. The lowest BCUT2D eigenvalue weighted by Gasteiger charge is -1.94. The van der Waals surface area contributed by atoms with E-state index in [0.717, 1.165) is 6.42 Å². The maximum Gasteiger partial charge on any atom is 0.138 e. The third-order valence-electron chi connectivity index (χ3n) is 1.75. The molecule has 0 bridgehead atoms. The first-order chi connectivity index (χ1) is 7.27. The molecule has 0 atom stereocenters. The molecule has 0 heterocycles. The third-order valence-corrected chi connectivity index (χ3v) is 2.02. The van der Waals surface area contributed by atoms with Gasteiger partial charge in [-0.1, -0.05) is 11.8 Å². The van der Waals surface area contributed by atoms with Crippen LogP contribution in [-0.4, -0.2) is 5.88 Å². The molecule has 0 aliphatic rings. The molecule has 0 unspecified atom stereocenters. The Morgan fingerprint density at radius 3 is 2.87 bits per heavy atom. The number of halogens is 2. The number of hydrogen-bond acceptors (Lipinski definition) is 1. The van der Waals surface area contributed by atoms with Crippen LogP contribution in [0.15, 0.2) is 18.2 Å². The zero-order valence-electron chi connectivity index (χ0n) is 8.06. The van der Waals surface area contributed by atoms with Crippen LogP contribution in [0.4, 0.5) is 4.39 Å². The summed E-state index contributed by atoms with van der Waals surface area (Å²) in [4.78, 5) is 0. The van der Waals surface area contributed by atoms with Crippen LogP contribution in [0.5, 0.6) is 0 Å². The van der Waals surface area contributed by atoms with E-state index in [9.17, 15) is 4.39 Å². The lowest BCUT2D eigenvalue weighted by Crippen LogP contribution is -1.85. The summed E-state index contributed by atoms with van der Waals surface area (Å²) in [5.74, 6) is 5.65. The van der Waals surface area contributed by atoms with Crippen molar-refractivity contribution in [2.45, 2.75) is 12.8 Å². The van der Waals surface area contributed by atoms with Crippen molar-refractivity contribution in [2.75, 3.05) is 5.88 Å². The lowest BCUT2D eigenvalue weighted by atomic mass is 10.1. The molecule has 1 nitrogen and oxygen atoms in total. The van der Waals surface area contributed by atoms with Gasteiger partial charge in [0.1, 0.15) is 5.82 Å². The molecule has 76 valence electrons. The number of nitrogens with zero attached hydrogens (tertiary/aromatic N) is 1. The van der Waals surface area contributed by atoms with Crippen molar-refractivity contribution in [3.05, 3.63) is 35.1 Å². The predicted molar refractivity (Wildman–Crippen MR) is 57.9 cm³/mol. The van der Waals surface area contributed by atoms with Crippen LogP contribution in [-0.2, 0) is 0 Å². The van der Waals surface area contributed by atoms with Crippen LogP contribution in [0.25, 0.3) is 0 Å². The Balaban J connectivity index is 2.83. The number of nitriles is 1. The van der Waals surface area contributed by atoms with E-state index in [0.29, 0.717) is 17.9 Å². The van der Waals surface area contributed by atoms with Gasteiger partial charge in [0.25, 0.3) is 0 Å². The lowest BCUT2D eigenvalue weighted by molar-refractivity contribution is 0.624. The van der Waals surface area contributed by atoms with E-state index >= 15 is 0 Å². The number of rotatable bonds is 2. The largest absolute Gasteiger partial charge is 0.206 e. The van der Waals surface area contributed by atoms with E-state index in [4.69, 9.17) is 16.9 Å². The molecule has 0 amide bonds.